The number of carboxylic acids is 1. The number of esters is 1. The summed E-state index contributed by atoms with van der Waals surface area (Å²) >= 11 is 0. The lowest BCUT2D eigenvalue weighted by atomic mass is 9.77. The fraction of sp³-hybridized carbons (Fsp3) is 0.609. The van der Waals surface area contributed by atoms with Crippen molar-refractivity contribution in [2.24, 2.45) is 10.8 Å². The summed E-state index contributed by atoms with van der Waals surface area (Å²) in [7, 11) is 1.53. The quantitative estimate of drug-likeness (QED) is 0.746. The molecule has 0 unspecified atom stereocenters. The van der Waals surface area contributed by atoms with Gasteiger partial charge < -0.3 is 19.5 Å². The summed E-state index contributed by atoms with van der Waals surface area (Å²) in [4.78, 5) is 40.2. The van der Waals surface area contributed by atoms with Gasteiger partial charge in [0.1, 0.15) is 17.4 Å². The molecule has 0 bridgehead atoms. The summed E-state index contributed by atoms with van der Waals surface area (Å²) in [6.45, 7) is 12.2. The van der Waals surface area contributed by atoms with E-state index in [-0.39, 0.29) is 12.3 Å². The monoisotopic (exact) mass is 419 g/mol. The SMILES string of the molecule is COc1cccc([C@H]2N(C(=O)C(C)(C)C)[C@@H](C(=O)O)C[C@@]2(C)C(=O)OC(C)(C)C)c1. The molecule has 1 aliphatic heterocycles. The summed E-state index contributed by atoms with van der Waals surface area (Å²) in [5.74, 6) is -1.46. The third kappa shape index (κ3) is 4.60. The number of carbonyl (C=O) groups is 3. The van der Waals surface area contributed by atoms with Gasteiger partial charge in [-0.25, -0.2) is 4.79 Å². The van der Waals surface area contributed by atoms with Crippen molar-refractivity contribution in [3.63, 3.8) is 0 Å². The van der Waals surface area contributed by atoms with Crippen molar-refractivity contribution in [2.75, 3.05) is 7.11 Å². The molecule has 1 N–H and O–H groups in total. The molecule has 1 fully saturated rings. The molecule has 0 saturated carbocycles. The normalized spacial score (nSPS) is 24.5. The number of carbonyl (C=O) groups excluding carboxylic acids is 2. The Bertz CT molecular complexity index is 835. The van der Waals surface area contributed by atoms with Crippen molar-refractivity contribution in [1.82, 2.24) is 4.90 Å². The molecule has 30 heavy (non-hydrogen) atoms. The van der Waals surface area contributed by atoms with Crippen LogP contribution in [0.4, 0.5) is 0 Å². The van der Waals surface area contributed by atoms with Crippen LogP contribution in [0.2, 0.25) is 0 Å². The molecule has 0 radical (unpaired) electrons. The summed E-state index contributed by atoms with van der Waals surface area (Å²) in [5.41, 5.74) is -2.20. The summed E-state index contributed by atoms with van der Waals surface area (Å²) in [5, 5.41) is 9.94. The lowest BCUT2D eigenvalue weighted by Gasteiger charge is -2.38. The number of nitrogens with zero attached hydrogens (tertiary/aromatic N) is 1. The molecule has 0 aliphatic carbocycles. The molecular weight excluding hydrogens is 386 g/mol. The molecular formula is C23H33NO6. The van der Waals surface area contributed by atoms with Crippen molar-refractivity contribution in [2.45, 2.75) is 72.6 Å². The maximum Gasteiger partial charge on any atom is 0.326 e. The van der Waals surface area contributed by atoms with E-state index in [4.69, 9.17) is 9.47 Å². The predicted octanol–water partition coefficient (Wildman–Crippen LogP) is 3.82. The van der Waals surface area contributed by atoms with Gasteiger partial charge >= 0.3 is 11.9 Å². The van der Waals surface area contributed by atoms with Gasteiger partial charge in [-0.1, -0.05) is 32.9 Å². The van der Waals surface area contributed by atoms with Crippen LogP contribution in [0.3, 0.4) is 0 Å². The van der Waals surface area contributed by atoms with Crippen LogP contribution in [0, 0.1) is 10.8 Å². The van der Waals surface area contributed by atoms with Gasteiger partial charge in [0.05, 0.1) is 18.6 Å². The highest BCUT2D eigenvalue weighted by Gasteiger charge is 2.60. The van der Waals surface area contributed by atoms with Crippen molar-refractivity contribution < 1.29 is 29.0 Å². The topological polar surface area (TPSA) is 93.1 Å². The average Bonchev–Trinajstić information content (AvgIpc) is 2.93. The van der Waals surface area contributed by atoms with E-state index in [0.29, 0.717) is 11.3 Å². The maximum absolute atomic E-state index is 13.4. The number of hydrogen-bond acceptors (Lipinski definition) is 5. The number of methoxy groups -OCH3 is 1. The number of ether oxygens (including phenoxy) is 2. The van der Waals surface area contributed by atoms with E-state index in [0.717, 1.165) is 0 Å². The van der Waals surface area contributed by atoms with Gasteiger partial charge in [-0.05, 0) is 51.8 Å². The number of likely N-dealkylation sites (tertiary alicyclic amines) is 1. The summed E-state index contributed by atoms with van der Waals surface area (Å²) in [6.07, 6.45) is -0.0407. The van der Waals surface area contributed by atoms with Crippen LogP contribution in [0.5, 0.6) is 5.75 Å². The summed E-state index contributed by atoms with van der Waals surface area (Å²) < 4.78 is 11.0. The number of rotatable bonds is 4. The molecule has 1 heterocycles. The largest absolute Gasteiger partial charge is 0.497 e. The first kappa shape index (κ1) is 23.7. The molecule has 7 heteroatoms. The molecule has 166 valence electrons. The molecule has 3 atom stereocenters. The Hall–Kier alpha value is -2.57. The van der Waals surface area contributed by atoms with Crippen LogP contribution < -0.4 is 4.74 Å². The number of amides is 1. The van der Waals surface area contributed by atoms with Crippen molar-refractivity contribution in [3.05, 3.63) is 29.8 Å². The van der Waals surface area contributed by atoms with Crippen molar-refractivity contribution in [3.8, 4) is 5.75 Å². The van der Waals surface area contributed by atoms with E-state index in [1.54, 1.807) is 72.7 Å². The third-order valence-electron chi connectivity index (χ3n) is 5.27. The van der Waals surface area contributed by atoms with Gasteiger partial charge in [0.25, 0.3) is 0 Å². The van der Waals surface area contributed by atoms with E-state index in [1.165, 1.54) is 12.0 Å². The zero-order valence-electron chi connectivity index (χ0n) is 19.1. The standard InChI is InChI=1S/C23H33NO6/c1-21(2,3)19(27)24-16(18(25)26)13-23(7,20(28)30-22(4,5)6)17(24)14-10-9-11-15(12-14)29-8/h9-12,16-17H,13H2,1-8H3,(H,25,26)/t16-,17-,23-/m1/s1. The molecule has 1 amide bonds. The van der Waals surface area contributed by atoms with Crippen LogP contribution in [0.1, 0.15) is 66.5 Å². The Morgan fingerprint density at radius 1 is 1.13 bits per heavy atom. The molecule has 1 aromatic rings. The predicted molar refractivity (Wildman–Crippen MR) is 112 cm³/mol. The Balaban J connectivity index is 2.72. The number of aliphatic carboxylic acids is 1. The zero-order chi connectivity index (χ0) is 23.1. The smallest absolute Gasteiger partial charge is 0.326 e. The van der Waals surface area contributed by atoms with Crippen molar-refractivity contribution in [1.29, 1.82) is 0 Å². The lowest BCUT2D eigenvalue weighted by molar-refractivity contribution is -0.169. The Morgan fingerprint density at radius 3 is 2.20 bits per heavy atom. The Kier molecular flexibility index (Phi) is 6.27. The van der Waals surface area contributed by atoms with Gasteiger partial charge in [-0.3, -0.25) is 9.59 Å². The number of carboxylic acid groups (broad SMARTS) is 1. The highest BCUT2D eigenvalue weighted by molar-refractivity contribution is 5.91. The second-order valence-corrected chi connectivity index (χ2v) is 10.1. The van der Waals surface area contributed by atoms with Gasteiger partial charge in [0.2, 0.25) is 5.91 Å². The first-order valence-electron chi connectivity index (χ1n) is 10.0. The molecule has 1 saturated heterocycles. The zero-order valence-corrected chi connectivity index (χ0v) is 19.1. The molecule has 1 aromatic carbocycles. The van der Waals surface area contributed by atoms with Crippen LogP contribution in [0.15, 0.2) is 24.3 Å². The van der Waals surface area contributed by atoms with E-state index < -0.39 is 40.5 Å². The van der Waals surface area contributed by atoms with Crippen LogP contribution in [-0.4, -0.2) is 46.6 Å². The van der Waals surface area contributed by atoms with Crippen molar-refractivity contribution >= 4 is 17.8 Å². The Morgan fingerprint density at radius 2 is 1.73 bits per heavy atom. The fourth-order valence-electron chi connectivity index (χ4n) is 3.88. The molecule has 7 nitrogen and oxygen atoms in total. The minimum Gasteiger partial charge on any atom is -0.497 e. The number of hydrogen-bond donors (Lipinski definition) is 1. The first-order valence-corrected chi connectivity index (χ1v) is 10.0. The number of benzene rings is 1. The van der Waals surface area contributed by atoms with E-state index in [2.05, 4.69) is 0 Å². The minimum absolute atomic E-state index is 0.0407. The average molecular weight is 420 g/mol. The Labute approximate surface area is 178 Å². The highest BCUT2D eigenvalue weighted by atomic mass is 16.6. The highest BCUT2D eigenvalue weighted by Crippen LogP contribution is 2.53. The third-order valence-corrected chi connectivity index (χ3v) is 5.27. The fourth-order valence-corrected chi connectivity index (χ4v) is 3.88. The second-order valence-electron chi connectivity index (χ2n) is 10.1. The molecule has 1 aliphatic rings. The van der Waals surface area contributed by atoms with Gasteiger partial charge in [0, 0.05) is 5.41 Å². The van der Waals surface area contributed by atoms with Gasteiger partial charge in [-0.2, -0.15) is 0 Å². The summed E-state index contributed by atoms with van der Waals surface area (Å²) in [6, 6.07) is 5.08. The molecule has 2 rings (SSSR count). The second kappa shape index (κ2) is 7.93. The maximum atomic E-state index is 13.4. The molecule has 0 spiro atoms. The minimum atomic E-state index is -1.25. The van der Waals surface area contributed by atoms with E-state index >= 15 is 0 Å². The lowest BCUT2D eigenvalue weighted by Crippen LogP contribution is -2.48. The van der Waals surface area contributed by atoms with Crippen LogP contribution in [0.25, 0.3) is 0 Å². The van der Waals surface area contributed by atoms with Gasteiger partial charge in [0.15, 0.2) is 0 Å². The van der Waals surface area contributed by atoms with E-state index in [1.807, 2.05) is 0 Å². The van der Waals surface area contributed by atoms with Gasteiger partial charge in [-0.15, -0.1) is 0 Å². The van der Waals surface area contributed by atoms with E-state index in [9.17, 15) is 19.5 Å². The molecule has 0 aromatic heterocycles. The van der Waals surface area contributed by atoms with Crippen LogP contribution >= 0.6 is 0 Å². The van der Waals surface area contributed by atoms with Crippen LogP contribution in [-0.2, 0) is 19.1 Å². The first-order chi connectivity index (χ1) is 13.6.